The number of hydrogen-bond donors (Lipinski definition) is 6. The summed E-state index contributed by atoms with van der Waals surface area (Å²) in [6.07, 6.45) is 3.97. The fourth-order valence-corrected chi connectivity index (χ4v) is 3.66. The van der Waals surface area contributed by atoms with E-state index in [-0.39, 0.29) is 23.8 Å². The number of amides is 3. The Morgan fingerprint density at radius 2 is 1.69 bits per heavy atom. The van der Waals surface area contributed by atoms with Crippen LogP contribution in [0.4, 0.5) is 0 Å². The summed E-state index contributed by atoms with van der Waals surface area (Å²) < 4.78 is 0. The Morgan fingerprint density at radius 3 is 2.19 bits per heavy atom. The van der Waals surface area contributed by atoms with E-state index in [4.69, 9.17) is 5.73 Å². The summed E-state index contributed by atoms with van der Waals surface area (Å²) in [4.78, 5) is 50.0. The molecule has 10 heteroatoms. The predicted molar refractivity (Wildman–Crippen MR) is 122 cm³/mol. The highest BCUT2D eigenvalue weighted by Crippen LogP contribution is 2.12. The minimum atomic E-state index is -1.11. The summed E-state index contributed by atoms with van der Waals surface area (Å²) in [6.45, 7) is 8.39. The van der Waals surface area contributed by atoms with Crippen LogP contribution in [0.3, 0.4) is 0 Å². The molecule has 1 heterocycles. The minimum Gasteiger partial charge on any atom is -0.480 e. The van der Waals surface area contributed by atoms with E-state index in [1.165, 1.54) is 0 Å². The number of rotatable bonds is 14. The smallest absolute Gasteiger partial charge is 0.326 e. The number of nitrogens with two attached hydrogens (primary N) is 1. The Balaban J connectivity index is 2.89. The fourth-order valence-electron chi connectivity index (χ4n) is 3.66. The Hall–Kier alpha value is -2.20. The van der Waals surface area contributed by atoms with Gasteiger partial charge in [-0.3, -0.25) is 14.4 Å². The minimum absolute atomic E-state index is 0.233. The molecule has 5 atom stereocenters. The highest BCUT2D eigenvalue weighted by molar-refractivity contribution is 5.94. The van der Waals surface area contributed by atoms with Gasteiger partial charge in [0.25, 0.3) is 0 Å². The Labute approximate surface area is 190 Å². The molecule has 0 aromatic carbocycles. The summed E-state index contributed by atoms with van der Waals surface area (Å²) in [6, 6.07) is -3.09. The van der Waals surface area contributed by atoms with Crippen LogP contribution in [-0.2, 0) is 19.2 Å². The summed E-state index contributed by atoms with van der Waals surface area (Å²) in [5.41, 5.74) is 5.56. The molecule has 0 aromatic rings. The van der Waals surface area contributed by atoms with Gasteiger partial charge in [0.2, 0.25) is 17.7 Å². The first-order chi connectivity index (χ1) is 15.1. The lowest BCUT2D eigenvalue weighted by molar-refractivity contribution is -0.144. The van der Waals surface area contributed by atoms with Gasteiger partial charge in [-0.1, -0.05) is 34.1 Å². The fraction of sp³-hybridized carbons (Fsp3) is 0.818. The molecule has 0 aliphatic carbocycles. The molecule has 0 aromatic heterocycles. The molecule has 1 fully saturated rings. The highest BCUT2D eigenvalue weighted by Gasteiger charge is 2.33. The molecule has 1 aliphatic rings. The van der Waals surface area contributed by atoms with Crippen molar-refractivity contribution >= 4 is 23.7 Å². The largest absolute Gasteiger partial charge is 0.480 e. The summed E-state index contributed by atoms with van der Waals surface area (Å²) in [7, 11) is 0. The van der Waals surface area contributed by atoms with Crippen molar-refractivity contribution < 1.29 is 24.3 Å². The first-order valence-electron chi connectivity index (χ1n) is 11.7. The van der Waals surface area contributed by atoms with E-state index in [0.717, 1.165) is 13.0 Å². The first-order valence-corrected chi connectivity index (χ1v) is 11.7. The maximum atomic E-state index is 13.0. The molecule has 10 nitrogen and oxygen atoms in total. The maximum Gasteiger partial charge on any atom is 0.326 e. The van der Waals surface area contributed by atoms with Gasteiger partial charge in [0.05, 0.1) is 6.04 Å². The molecular weight excluding hydrogens is 414 g/mol. The molecule has 1 rings (SSSR count). The zero-order valence-corrected chi connectivity index (χ0v) is 19.8. The van der Waals surface area contributed by atoms with Crippen molar-refractivity contribution in [3.63, 3.8) is 0 Å². The van der Waals surface area contributed by atoms with E-state index in [0.29, 0.717) is 38.6 Å². The molecule has 0 bridgehead atoms. The molecule has 3 amide bonds. The number of unbranched alkanes of at least 4 members (excludes halogenated alkanes) is 1. The molecule has 1 saturated heterocycles. The quantitative estimate of drug-likeness (QED) is 0.202. The summed E-state index contributed by atoms with van der Waals surface area (Å²) in [5.74, 6) is -2.89. The number of hydrogen-bond acceptors (Lipinski definition) is 6. The van der Waals surface area contributed by atoms with Crippen molar-refractivity contribution in [2.45, 2.75) is 90.4 Å². The van der Waals surface area contributed by atoms with Crippen molar-refractivity contribution in [3.8, 4) is 0 Å². The van der Waals surface area contributed by atoms with Crippen LogP contribution in [0.5, 0.6) is 0 Å². The van der Waals surface area contributed by atoms with Crippen LogP contribution >= 0.6 is 0 Å². The van der Waals surface area contributed by atoms with Gasteiger partial charge in [0.15, 0.2) is 0 Å². The van der Waals surface area contributed by atoms with E-state index >= 15 is 0 Å². The van der Waals surface area contributed by atoms with Crippen LogP contribution in [0.2, 0.25) is 0 Å². The van der Waals surface area contributed by atoms with Crippen LogP contribution in [0.15, 0.2) is 0 Å². The van der Waals surface area contributed by atoms with Gasteiger partial charge in [-0.2, -0.15) is 0 Å². The second kappa shape index (κ2) is 14.1. The van der Waals surface area contributed by atoms with E-state index in [1.54, 1.807) is 20.8 Å². The van der Waals surface area contributed by atoms with E-state index in [2.05, 4.69) is 21.3 Å². The molecule has 1 aliphatic heterocycles. The number of aliphatic carboxylic acids is 1. The van der Waals surface area contributed by atoms with Gasteiger partial charge in [-0.05, 0) is 57.0 Å². The molecule has 0 radical (unpaired) electrons. The van der Waals surface area contributed by atoms with Crippen molar-refractivity contribution in [2.24, 2.45) is 17.6 Å². The van der Waals surface area contributed by atoms with Crippen molar-refractivity contribution in [1.29, 1.82) is 0 Å². The number of nitrogens with one attached hydrogen (secondary N) is 4. The first kappa shape index (κ1) is 27.8. The topological polar surface area (TPSA) is 163 Å². The van der Waals surface area contributed by atoms with Gasteiger partial charge in [-0.15, -0.1) is 0 Å². The molecule has 7 N–H and O–H groups in total. The molecule has 184 valence electrons. The lowest BCUT2D eigenvalue weighted by Crippen LogP contribution is -2.59. The number of carbonyl (C=O) groups is 4. The third kappa shape index (κ3) is 8.74. The third-order valence-corrected chi connectivity index (χ3v) is 5.98. The standard InChI is InChI=1S/C22H41N5O5/c1-5-14(4)18(22(31)32)27-21(30)17(13(2)3)26-20(29)16(9-6-7-11-23)25-19(28)15-10-8-12-24-15/h13-18,24H,5-12,23H2,1-4H3,(H,25,28)(H,26,29)(H,27,30)(H,31,32). The molecular formula is C22H41N5O5. The number of carboxylic acid groups (broad SMARTS) is 1. The lowest BCUT2D eigenvalue weighted by Gasteiger charge is -2.28. The monoisotopic (exact) mass is 455 g/mol. The van der Waals surface area contributed by atoms with Crippen LogP contribution < -0.4 is 27.0 Å². The van der Waals surface area contributed by atoms with Gasteiger partial charge in [-0.25, -0.2) is 4.79 Å². The highest BCUT2D eigenvalue weighted by atomic mass is 16.4. The van der Waals surface area contributed by atoms with Gasteiger partial charge < -0.3 is 32.1 Å². The average Bonchev–Trinajstić information content (AvgIpc) is 3.28. The predicted octanol–water partition coefficient (Wildman–Crippen LogP) is 0.109. The van der Waals surface area contributed by atoms with Crippen LogP contribution in [-0.4, -0.2) is 66.1 Å². The zero-order valence-electron chi connectivity index (χ0n) is 19.8. The summed E-state index contributed by atoms with van der Waals surface area (Å²) >= 11 is 0. The number of carbonyl (C=O) groups excluding carboxylic acids is 3. The number of carboxylic acids is 1. The second-order valence-electron chi connectivity index (χ2n) is 8.93. The van der Waals surface area contributed by atoms with Crippen molar-refractivity contribution in [3.05, 3.63) is 0 Å². The maximum absolute atomic E-state index is 13.0. The van der Waals surface area contributed by atoms with Gasteiger partial charge in [0.1, 0.15) is 18.1 Å². The van der Waals surface area contributed by atoms with E-state index < -0.39 is 35.9 Å². The second-order valence-corrected chi connectivity index (χ2v) is 8.93. The van der Waals surface area contributed by atoms with Gasteiger partial charge in [0, 0.05) is 0 Å². The Morgan fingerprint density at radius 1 is 1.03 bits per heavy atom. The van der Waals surface area contributed by atoms with Crippen LogP contribution in [0, 0.1) is 11.8 Å². The Bertz CT molecular complexity index is 636. The van der Waals surface area contributed by atoms with Crippen LogP contribution in [0.1, 0.15) is 66.2 Å². The van der Waals surface area contributed by atoms with Crippen molar-refractivity contribution in [2.75, 3.05) is 13.1 Å². The molecule has 5 unspecified atom stereocenters. The average molecular weight is 456 g/mol. The normalized spacial score (nSPS) is 19.6. The van der Waals surface area contributed by atoms with E-state index in [9.17, 15) is 24.3 Å². The van der Waals surface area contributed by atoms with E-state index in [1.807, 2.05) is 6.92 Å². The third-order valence-electron chi connectivity index (χ3n) is 5.98. The molecule has 0 spiro atoms. The molecule has 32 heavy (non-hydrogen) atoms. The molecule has 0 saturated carbocycles. The Kier molecular flexibility index (Phi) is 12.2. The lowest BCUT2D eigenvalue weighted by atomic mass is 9.97. The summed E-state index contributed by atoms with van der Waals surface area (Å²) in [5, 5.41) is 20.7. The van der Waals surface area contributed by atoms with Crippen LogP contribution in [0.25, 0.3) is 0 Å². The zero-order chi connectivity index (χ0) is 24.3. The SMILES string of the molecule is CCC(C)C(NC(=O)C(NC(=O)C(CCCCN)NC(=O)C1CCCN1)C(C)C)C(=O)O. The van der Waals surface area contributed by atoms with Gasteiger partial charge >= 0.3 is 5.97 Å². The van der Waals surface area contributed by atoms with Crippen molar-refractivity contribution in [1.82, 2.24) is 21.3 Å².